The molecular weight excluding hydrogens is 260 g/mol. The molecule has 3 N–H and O–H groups in total. The van der Waals surface area contributed by atoms with E-state index in [0.29, 0.717) is 22.9 Å². The first-order valence-corrected chi connectivity index (χ1v) is 7.68. The van der Waals surface area contributed by atoms with Crippen molar-refractivity contribution in [3.8, 4) is 0 Å². The fraction of sp³-hybridized carbons (Fsp3) is 0.455. The average Bonchev–Trinajstić information content (AvgIpc) is 2.21. The van der Waals surface area contributed by atoms with Gasteiger partial charge in [0.05, 0.1) is 22.9 Å². The molecule has 1 aliphatic heterocycles. The lowest BCUT2D eigenvalue weighted by Gasteiger charge is -2.24. The molecule has 0 spiro atoms. The number of nitrogens with two attached hydrogens (primary N) is 1. The van der Waals surface area contributed by atoms with Crippen LogP contribution >= 0.6 is 11.6 Å². The third-order valence-electron chi connectivity index (χ3n) is 2.84. The highest BCUT2D eigenvalue weighted by atomic mass is 35.5. The van der Waals surface area contributed by atoms with Gasteiger partial charge < -0.3 is 11.1 Å². The monoisotopic (exact) mass is 274 g/mol. The Morgan fingerprint density at radius 1 is 1.41 bits per heavy atom. The molecule has 0 radical (unpaired) electrons. The Bertz CT molecular complexity index is 516. The van der Waals surface area contributed by atoms with E-state index in [4.69, 9.17) is 17.3 Å². The van der Waals surface area contributed by atoms with E-state index in [1.807, 2.05) is 0 Å². The number of hydrogen-bond donors (Lipinski definition) is 2. The zero-order chi connectivity index (χ0) is 12.5. The molecule has 94 valence electrons. The van der Waals surface area contributed by atoms with Crippen LogP contribution in [0, 0.1) is 0 Å². The molecule has 0 aromatic heterocycles. The molecule has 0 saturated carbocycles. The van der Waals surface area contributed by atoms with Crippen LogP contribution in [0.5, 0.6) is 0 Å². The molecular formula is C11H15ClN2O2S. The number of benzene rings is 1. The van der Waals surface area contributed by atoms with Crippen LogP contribution in [0.15, 0.2) is 18.2 Å². The van der Waals surface area contributed by atoms with Gasteiger partial charge in [0.1, 0.15) is 0 Å². The Hall–Kier alpha value is -0.940. The Kier molecular flexibility index (Phi) is 3.49. The second-order valence-electron chi connectivity index (χ2n) is 4.33. The minimum absolute atomic E-state index is 0.0581. The number of rotatable bonds is 2. The van der Waals surface area contributed by atoms with E-state index in [1.54, 1.807) is 18.2 Å². The normalized spacial score (nSPS) is 23.2. The van der Waals surface area contributed by atoms with Gasteiger partial charge in [-0.3, -0.25) is 0 Å². The maximum absolute atomic E-state index is 11.5. The summed E-state index contributed by atoms with van der Waals surface area (Å²) in [5, 5.41) is 3.74. The van der Waals surface area contributed by atoms with Crippen molar-refractivity contribution in [3.05, 3.63) is 23.2 Å². The second-order valence-corrected chi connectivity index (χ2v) is 6.99. The van der Waals surface area contributed by atoms with E-state index < -0.39 is 9.84 Å². The van der Waals surface area contributed by atoms with Gasteiger partial charge in [0, 0.05) is 11.1 Å². The molecule has 1 unspecified atom stereocenters. The van der Waals surface area contributed by atoms with Gasteiger partial charge in [-0.2, -0.15) is 0 Å². The Labute approximate surface area is 106 Å². The summed E-state index contributed by atoms with van der Waals surface area (Å²) in [5.74, 6) is 0.469. The number of nitrogens with one attached hydrogen (secondary N) is 1. The molecule has 1 aliphatic rings. The SMILES string of the molecule is Nc1cc(Cl)ccc1NC1CCCS(=O)(=O)C1. The van der Waals surface area contributed by atoms with Crippen LogP contribution in [0.25, 0.3) is 0 Å². The van der Waals surface area contributed by atoms with E-state index in [2.05, 4.69) is 5.32 Å². The summed E-state index contributed by atoms with van der Waals surface area (Å²) < 4.78 is 23.0. The lowest BCUT2D eigenvalue weighted by atomic mass is 10.1. The minimum atomic E-state index is -2.90. The van der Waals surface area contributed by atoms with E-state index in [0.717, 1.165) is 12.1 Å². The summed E-state index contributed by atoms with van der Waals surface area (Å²) in [6, 6.07) is 5.11. The third kappa shape index (κ3) is 3.26. The molecule has 1 atom stereocenters. The van der Waals surface area contributed by atoms with Crippen LogP contribution in [0.2, 0.25) is 5.02 Å². The molecule has 1 saturated heterocycles. The number of anilines is 2. The fourth-order valence-electron chi connectivity index (χ4n) is 2.02. The van der Waals surface area contributed by atoms with Gasteiger partial charge in [-0.25, -0.2) is 8.42 Å². The van der Waals surface area contributed by atoms with Crippen LogP contribution in [-0.2, 0) is 9.84 Å². The van der Waals surface area contributed by atoms with Crippen LogP contribution in [-0.4, -0.2) is 26.0 Å². The molecule has 4 nitrogen and oxygen atoms in total. The Balaban J connectivity index is 2.10. The van der Waals surface area contributed by atoms with E-state index in [9.17, 15) is 8.42 Å². The highest BCUT2D eigenvalue weighted by Gasteiger charge is 2.24. The largest absolute Gasteiger partial charge is 0.397 e. The molecule has 0 bridgehead atoms. The first-order valence-electron chi connectivity index (χ1n) is 5.48. The summed E-state index contributed by atoms with van der Waals surface area (Å²) in [6.45, 7) is 0. The topological polar surface area (TPSA) is 72.2 Å². The first-order chi connectivity index (χ1) is 7.96. The highest BCUT2D eigenvalue weighted by Crippen LogP contribution is 2.25. The molecule has 2 rings (SSSR count). The predicted octanol–water partition coefficient (Wildman–Crippen LogP) is 1.91. The molecule has 6 heteroatoms. The predicted molar refractivity (Wildman–Crippen MR) is 71.2 cm³/mol. The highest BCUT2D eigenvalue weighted by molar-refractivity contribution is 7.91. The lowest BCUT2D eigenvalue weighted by Crippen LogP contribution is -2.34. The summed E-state index contributed by atoms with van der Waals surface area (Å²) in [4.78, 5) is 0. The van der Waals surface area contributed by atoms with Gasteiger partial charge >= 0.3 is 0 Å². The van der Waals surface area contributed by atoms with E-state index >= 15 is 0 Å². The van der Waals surface area contributed by atoms with Gasteiger partial charge in [0.2, 0.25) is 0 Å². The van der Waals surface area contributed by atoms with E-state index in [-0.39, 0.29) is 11.8 Å². The van der Waals surface area contributed by atoms with Crippen molar-refractivity contribution in [2.75, 3.05) is 22.6 Å². The second kappa shape index (κ2) is 4.74. The van der Waals surface area contributed by atoms with Gasteiger partial charge in [-0.15, -0.1) is 0 Å². The maximum Gasteiger partial charge on any atom is 0.152 e. The van der Waals surface area contributed by atoms with E-state index in [1.165, 1.54) is 0 Å². The van der Waals surface area contributed by atoms with Crippen LogP contribution in [0.4, 0.5) is 11.4 Å². The summed E-state index contributed by atoms with van der Waals surface area (Å²) in [7, 11) is -2.90. The van der Waals surface area contributed by atoms with Crippen molar-refractivity contribution in [2.24, 2.45) is 0 Å². The zero-order valence-electron chi connectivity index (χ0n) is 9.32. The third-order valence-corrected chi connectivity index (χ3v) is 4.89. The molecule has 0 amide bonds. The molecule has 17 heavy (non-hydrogen) atoms. The van der Waals surface area contributed by atoms with Crippen molar-refractivity contribution in [3.63, 3.8) is 0 Å². The van der Waals surface area contributed by atoms with Crippen molar-refractivity contribution in [1.82, 2.24) is 0 Å². The average molecular weight is 275 g/mol. The molecule has 0 aliphatic carbocycles. The van der Waals surface area contributed by atoms with Crippen LogP contribution in [0.3, 0.4) is 0 Å². The molecule has 1 aromatic rings. The van der Waals surface area contributed by atoms with Gasteiger partial charge in [-0.05, 0) is 31.0 Å². The molecule has 1 fully saturated rings. The minimum Gasteiger partial charge on any atom is -0.397 e. The Morgan fingerprint density at radius 3 is 2.82 bits per heavy atom. The molecule has 1 heterocycles. The summed E-state index contributed by atoms with van der Waals surface area (Å²) >= 11 is 5.80. The number of nitrogen functional groups attached to an aromatic ring is 1. The van der Waals surface area contributed by atoms with Crippen LogP contribution < -0.4 is 11.1 Å². The zero-order valence-corrected chi connectivity index (χ0v) is 10.9. The van der Waals surface area contributed by atoms with Crippen molar-refractivity contribution in [2.45, 2.75) is 18.9 Å². The Morgan fingerprint density at radius 2 is 2.18 bits per heavy atom. The van der Waals surface area contributed by atoms with Gasteiger partial charge in [0.25, 0.3) is 0 Å². The lowest BCUT2D eigenvalue weighted by molar-refractivity contribution is 0.562. The smallest absolute Gasteiger partial charge is 0.152 e. The quantitative estimate of drug-likeness (QED) is 0.808. The van der Waals surface area contributed by atoms with Crippen LogP contribution in [0.1, 0.15) is 12.8 Å². The van der Waals surface area contributed by atoms with Crippen molar-refractivity contribution >= 4 is 32.8 Å². The maximum atomic E-state index is 11.5. The number of hydrogen-bond acceptors (Lipinski definition) is 4. The standard InChI is InChI=1S/C11H15ClN2O2S/c12-8-3-4-11(10(13)6-8)14-9-2-1-5-17(15,16)7-9/h3-4,6,9,14H,1-2,5,7,13H2. The van der Waals surface area contributed by atoms with Crippen molar-refractivity contribution < 1.29 is 8.42 Å². The first kappa shape index (κ1) is 12.5. The van der Waals surface area contributed by atoms with Gasteiger partial charge in [0.15, 0.2) is 9.84 Å². The summed E-state index contributed by atoms with van der Waals surface area (Å²) in [6.07, 6.45) is 1.55. The molecule has 1 aromatic carbocycles. The summed E-state index contributed by atoms with van der Waals surface area (Å²) in [5.41, 5.74) is 7.10. The number of halogens is 1. The van der Waals surface area contributed by atoms with Gasteiger partial charge in [-0.1, -0.05) is 11.6 Å². The fourth-order valence-corrected chi connectivity index (χ4v) is 3.84. The van der Waals surface area contributed by atoms with Crippen molar-refractivity contribution in [1.29, 1.82) is 0 Å². The number of sulfone groups is 1.